The Kier molecular flexibility index (Phi) is 6.33. The molecule has 0 spiro atoms. The van der Waals surface area contributed by atoms with E-state index >= 15 is 0 Å². The molecule has 0 bridgehead atoms. The van der Waals surface area contributed by atoms with Gasteiger partial charge in [0.15, 0.2) is 0 Å². The molecule has 2 atom stereocenters. The normalized spacial score (nSPS) is 13.8. The smallest absolute Gasteiger partial charge is 0.347 e. The maximum atomic E-state index is 11.2. The molecule has 0 aromatic carbocycles. The molecule has 15 heavy (non-hydrogen) atoms. The monoisotopic (exact) mass is 216 g/mol. The third-order valence-electron chi connectivity index (χ3n) is 1.84. The van der Waals surface area contributed by atoms with Crippen molar-refractivity contribution in [3.05, 3.63) is 0 Å². The van der Waals surface area contributed by atoms with Gasteiger partial charge >= 0.3 is 11.9 Å². The Morgan fingerprint density at radius 3 is 2.40 bits per heavy atom. The van der Waals surface area contributed by atoms with Crippen LogP contribution in [0.15, 0.2) is 0 Å². The number of carbonyl (C=O) groups excluding carboxylic acids is 3. The molecule has 2 unspecified atom stereocenters. The molecule has 0 heterocycles. The maximum absolute atomic E-state index is 11.2. The van der Waals surface area contributed by atoms with Crippen LogP contribution in [0.2, 0.25) is 0 Å². The first-order valence-corrected chi connectivity index (χ1v) is 4.79. The van der Waals surface area contributed by atoms with Gasteiger partial charge in [0.1, 0.15) is 6.29 Å². The van der Waals surface area contributed by atoms with Crippen LogP contribution in [-0.4, -0.2) is 31.4 Å². The number of carbonyl (C=O) groups is 3. The van der Waals surface area contributed by atoms with Crippen molar-refractivity contribution in [3.8, 4) is 0 Å². The first-order chi connectivity index (χ1) is 7.06. The SMILES string of the molecule is CCCC(=O)OC(C(=O)OC)C(C)C=O. The van der Waals surface area contributed by atoms with Crippen LogP contribution in [0.3, 0.4) is 0 Å². The molecule has 0 amide bonds. The van der Waals surface area contributed by atoms with Gasteiger partial charge in [0.05, 0.1) is 13.0 Å². The Labute approximate surface area is 88.7 Å². The van der Waals surface area contributed by atoms with Gasteiger partial charge in [-0.25, -0.2) is 4.79 Å². The quantitative estimate of drug-likeness (QED) is 0.483. The van der Waals surface area contributed by atoms with Crippen molar-refractivity contribution in [1.29, 1.82) is 0 Å². The molecule has 5 nitrogen and oxygen atoms in total. The van der Waals surface area contributed by atoms with Gasteiger partial charge in [-0.2, -0.15) is 0 Å². The highest BCUT2D eigenvalue weighted by Gasteiger charge is 2.29. The van der Waals surface area contributed by atoms with Gasteiger partial charge in [0.2, 0.25) is 6.10 Å². The lowest BCUT2D eigenvalue weighted by atomic mass is 10.1. The van der Waals surface area contributed by atoms with Gasteiger partial charge in [0.25, 0.3) is 0 Å². The average molecular weight is 216 g/mol. The van der Waals surface area contributed by atoms with Crippen LogP contribution >= 0.6 is 0 Å². The highest BCUT2D eigenvalue weighted by molar-refractivity contribution is 5.82. The van der Waals surface area contributed by atoms with E-state index in [4.69, 9.17) is 4.74 Å². The summed E-state index contributed by atoms with van der Waals surface area (Å²) in [5.41, 5.74) is 0. The van der Waals surface area contributed by atoms with Crippen molar-refractivity contribution in [1.82, 2.24) is 0 Å². The molecule has 0 rings (SSSR count). The van der Waals surface area contributed by atoms with Gasteiger partial charge in [-0.05, 0) is 6.42 Å². The zero-order valence-corrected chi connectivity index (χ0v) is 9.19. The Balaban J connectivity index is 4.43. The summed E-state index contributed by atoms with van der Waals surface area (Å²) in [6.45, 7) is 3.31. The predicted octanol–water partition coefficient (Wildman–Crippen LogP) is 0.706. The fourth-order valence-corrected chi connectivity index (χ4v) is 0.962. The third-order valence-corrected chi connectivity index (χ3v) is 1.84. The van der Waals surface area contributed by atoms with Crippen LogP contribution in [-0.2, 0) is 23.9 Å². The number of hydrogen-bond donors (Lipinski definition) is 0. The van der Waals surface area contributed by atoms with E-state index in [9.17, 15) is 14.4 Å². The molecule has 0 aromatic heterocycles. The molecule has 5 heteroatoms. The molecule has 0 aliphatic carbocycles. The van der Waals surface area contributed by atoms with Crippen LogP contribution in [0.1, 0.15) is 26.7 Å². The van der Waals surface area contributed by atoms with Crippen molar-refractivity contribution in [2.45, 2.75) is 32.8 Å². The second kappa shape index (κ2) is 6.98. The standard InChI is InChI=1S/C10H16O5/c1-4-5-8(12)15-9(7(2)6-11)10(13)14-3/h6-7,9H,4-5H2,1-3H3. The lowest BCUT2D eigenvalue weighted by Crippen LogP contribution is -2.35. The van der Waals surface area contributed by atoms with Gasteiger partial charge < -0.3 is 14.3 Å². The second-order valence-electron chi connectivity index (χ2n) is 3.18. The Morgan fingerprint density at radius 1 is 1.40 bits per heavy atom. The largest absolute Gasteiger partial charge is 0.466 e. The summed E-state index contributed by atoms with van der Waals surface area (Å²) in [6, 6.07) is 0. The average Bonchev–Trinajstić information content (AvgIpc) is 2.24. The summed E-state index contributed by atoms with van der Waals surface area (Å²) < 4.78 is 9.29. The summed E-state index contributed by atoms with van der Waals surface area (Å²) in [7, 11) is 1.18. The van der Waals surface area contributed by atoms with Crippen LogP contribution in [0.4, 0.5) is 0 Å². The molecule has 0 saturated carbocycles. The third kappa shape index (κ3) is 4.58. The number of hydrogen-bond acceptors (Lipinski definition) is 5. The van der Waals surface area contributed by atoms with E-state index in [1.165, 1.54) is 14.0 Å². The van der Waals surface area contributed by atoms with Crippen LogP contribution in [0.5, 0.6) is 0 Å². The van der Waals surface area contributed by atoms with Crippen LogP contribution < -0.4 is 0 Å². The summed E-state index contributed by atoms with van der Waals surface area (Å²) in [6.07, 6.45) is 0.272. The van der Waals surface area contributed by atoms with Crippen molar-refractivity contribution >= 4 is 18.2 Å². The molecule has 0 aliphatic rings. The lowest BCUT2D eigenvalue weighted by molar-refractivity contribution is -0.169. The number of ether oxygens (including phenoxy) is 2. The van der Waals surface area contributed by atoms with Crippen LogP contribution in [0.25, 0.3) is 0 Å². The summed E-state index contributed by atoms with van der Waals surface area (Å²) in [4.78, 5) is 32.8. The first kappa shape index (κ1) is 13.6. The second-order valence-corrected chi connectivity index (χ2v) is 3.18. The molecular formula is C10H16O5. The van der Waals surface area contributed by atoms with Crippen molar-refractivity contribution in [3.63, 3.8) is 0 Å². The molecular weight excluding hydrogens is 200 g/mol. The van der Waals surface area contributed by atoms with E-state index < -0.39 is 24.0 Å². The highest BCUT2D eigenvalue weighted by Crippen LogP contribution is 2.09. The van der Waals surface area contributed by atoms with Gasteiger partial charge in [-0.3, -0.25) is 4.79 Å². The van der Waals surface area contributed by atoms with Gasteiger partial charge in [-0.1, -0.05) is 13.8 Å². The van der Waals surface area contributed by atoms with E-state index in [0.29, 0.717) is 12.7 Å². The van der Waals surface area contributed by atoms with Crippen molar-refractivity contribution < 1.29 is 23.9 Å². The van der Waals surface area contributed by atoms with Crippen LogP contribution in [0, 0.1) is 5.92 Å². The molecule has 0 N–H and O–H groups in total. The van der Waals surface area contributed by atoms with E-state index in [0.717, 1.165) is 0 Å². The van der Waals surface area contributed by atoms with Crippen molar-refractivity contribution in [2.24, 2.45) is 5.92 Å². The summed E-state index contributed by atoms with van der Waals surface area (Å²) in [5, 5.41) is 0. The zero-order valence-electron chi connectivity index (χ0n) is 9.19. The number of methoxy groups -OCH3 is 1. The Morgan fingerprint density at radius 2 is 2.00 bits per heavy atom. The number of rotatable bonds is 6. The molecule has 0 aromatic rings. The molecule has 0 fully saturated rings. The fraction of sp³-hybridized carbons (Fsp3) is 0.700. The minimum Gasteiger partial charge on any atom is -0.466 e. The van der Waals surface area contributed by atoms with E-state index in [1.807, 2.05) is 6.92 Å². The molecule has 0 saturated heterocycles. The minimum atomic E-state index is -1.13. The molecule has 0 aliphatic heterocycles. The Hall–Kier alpha value is -1.39. The minimum absolute atomic E-state index is 0.221. The Bertz CT molecular complexity index is 236. The molecule has 86 valence electrons. The maximum Gasteiger partial charge on any atom is 0.347 e. The topological polar surface area (TPSA) is 69.7 Å². The van der Waals surface area contributed by atoms with Gasteiger partial charge in [0, 0.05) is 6.42 Å². The number of aldehydes is 1. The summed E-state index contributed by atoms with van der Waals surface area (Å²) in [5.74, 6) is -1.90. The van der Waals surface area contributed by atoms with E-state index in [1.54, 1.807) is 0 Å². The fourth-order valence-electron chi connectivity index (χ4n) is 0.962. The molecule has 0 radical (unpaired) electrons. The lowest BCUT2D eigenvalue weighted by Gasteiger charge is -2.17. The number of esters is 2. The van der Waals surface area contributed by atoms with Gasteiger partial charge in [-0.15, -0.1) is 0 Å². The highest BCUT2D eigenvalue weighted by atomic mass is 16.6. The van der Waals surface area contributed by atoms with E-state index in [-0.39, 0.29) is 6.42 Å². The zero-order chi connectivity index (χ0) is 11.8. The first-order valence-electron chi connectivity index (χ1n) is 4.79. The summed E-state index contributed by atoms with van der Waals surface area (Å²) >= 11 is 0. The predicted molar refractivity (Wildman–Crippen MR) is 52.0 cm³/mol. The van der Waals surface area contributed by atoms with E-state index in [2.05, 4.69) is 4.74 Å². The van der Waals surface area contributed by atoms with Crippen molar-refractivity contribution in [2.75, 3.05) is 7.11 Å².